The molecule has 142 valence electrons. The molecule has 0 saturated heterocycles. The summed E-state index contributed by atoms with van der Waals surface area (Å²) in [6.45, 7) is 16.8. The van der Waals surface area contributed by atoms with Gasteiger partial charge in [0.2, 0.25) is 0 Å². The second kappa shape index (κ2) is 7.59. The molecule has 0 spiro atoms. The minimum absolute atomic E-state index is 0.000401. The maximum Gasteiger partial charge on any atom is 0.271 e. The van der Waals surface area contributed by atoms with Crippen LogP contribution in [0, 0.1) is 6.92 Å². The molecule has 0 bridgehead atoms. The number of nitrogens with zero attached hydrogens (tertiary/aromatic N) is 2. The van der Waals surface area contributed by atoms with Crippen LogP contribution in [0.25, 0.3) is 0 Å². The fourth-order valence-electron chi connectivity index (χ4n) is 2.86. The first-order valence-corrected chi connectivity index (χ1v) is 10.2. The molecule has 1 atom stereocenters. The van der Waals surface area contributed by atoms with Crippen LogP contribution in [0.5, 0.6) is 0 Å². The normalized spacial score (nSPS) is 13.7. The van der Waals surface area contributed by atoms with Gasteiger partial charge in [0.1, 0.15) is 0 Å². The van der Waals surface area contributed by atoms with Crippen LogP contribution in [0.15, 0.2) is 40.2 Å². The molecule has 0 N–H and O–H groups in total. The Morgan fingerprint density at radius 3 is 2.12 bits per heavy atom. The highest BCUT2D eigenvalue weighted by Crippen LogP contribution is 2.38. The lowest BCUT2D eigenvalue weighted by molar-refractivity contribution is 0.334. The van der Waals surface area contributed by atoms with Gasteiger partial charge in [0, 0.05) is 15.7 Å². The van der Waals surface area contributed by atoms with Crippen molar-refractivity contribution in [2.24, 2.45) is 0 Å². The lowest BCUT2D eigenvalue weighted by atomic mass is 9.86. The van der Waals surface area contributed by atoms with Crippen LogP contribution in [0.4, 0.5) is 0 Å². The summed E-state index contributed by atoms with van der Waals surface area (Å²) in [6.07, 6.45) is 2.85. The summed E-state index contributed by atoms with van der Waals surface area (Å²) in [4.78, 5) is 13.7. The number of aromatic nitrogens is 2. The summed E-state index contributed by atoms with van der Waals surface area (Å²) in [6, 6.07) is 8.89. The highest BCUT2D eigenvalue weighted by molar-refractivity contribution is 7.99. The highest BCUT2D eigenvalue weighted by Gasteiger charge is 2.21. The third-order valence-electron chi connectivity index (χ3n) is 4.60. The van der Waals surface area contributed by atoms with Crippen molar-refractivity contribution in [3.63, 3.8) is 0 Å². The molecule has 0 aliphatic heterocycles. The average Bonchev–Trinajstić information content (AvgIpc) is 2.54. The van der Waals surface area contributed by atoms with Gasteiger partial charge >= 0.3 is 0 Å². The number of hydrogen-bond acceptors (Lipinski definition) is 3. The lowest BCUT2D eigenvalue weighted by Gasteiger charge is -2.23. The van der Waals surface area contributed by atoms with Gasteiger partial charge in [0.05, 0.1) is 11.7 Å². The van der Waals surface area contributed by atoms with Crippen LogP contribution in [0.2, 0.25) is 0 Å². The SMILES string of the molecule is CCC(Sc1cnn(C(C)(C)C)c(=O)c1C)c1ccc(C(C)(C)C)cc1. The minimum Gasteiger partial charge on any atom is -0.267 e. The Balaban J connectivity index is 2.31. The second-order valence-electron chi connectivity index (χ2n) is 8.91. The Kier molecular flexibility index (Phi) is 6.06. The Labute approximate surface area is 162 Å². The zero-order chi connectivity index (χ0) is 19.7. The van der Waals surface area contributed by atoms with Gasteiger partial charge in [0.15, 0.2) is 0 Å². The van der Waals surface area contributed by atoms with E-state index < -0.39 is 0 Å². The number of thioether (sulfide) groups is 1. The van der Waals surface area contributed by atoms with Crippen molar-refractivity contribution in [3.8, 4) is 0 Å². The molecule has 0 fully saturated rings. The fraction of sp³-hybridized carbons (Fsp3) is 0.545. The van der Waals surface area contributed by atoms with E-state index in [9.17, 15) is 4.79 Å². The van der Waals surface area contributed by atoms with E-state index in [0.717, 1.165) is 16.9 Å². The summed E-state index contributed by atoms with van der Waals surface area (Å²) in [5.74, 6) is 0. The monoisotopic (exact) mass is 372 g/mol. The molecule has 2 rings (SSSR count). The molecule has 0 aliphatic carbocycles. The third-order valence-corrected chi connectivity index (χ3v) is 6.15. The molecular formula is C22H32N2OS. The summed E-state index contributed by atoms with van der Waals surface area (Å²) < 4.78 is 1.57. The van der Waals surface area contributed by atoms with Crippen LogP contribution in [0.1, 0.15) is 76.8 Å². The van der Waals surface area contributed by atoms with Gasteiger partial charge in [-0.05, 0) is 50.7 Å². The first-order valence-electron chi connectivity index (χ1n) is 9.31. The van der Waals surface area contributed by atoms with E-state index in [1.54, 1.807) is 16.4 Å². The first kappa shape index (κ1) is 20.8. The van der Waals surface area contributed by atoms with Crippen molar-refractivity contribution in [3.05, 3.63) is 57.5 Å². The number of hydrogen-bond donors (Lipinski definition) is 0. The molecule has 0 saturated carbocycles. The van der Waals surface area contributed by atoms with Gasteiger partial charge in [-0.25, -0.2) is 4.68 Å². The van der Waals surface area contributed by atoms with Crippen molar-refractivity contribution in [2.45, 2.75) is 82.9 Å². The first-order chi connectivity index (χ1) is 11.9. The summed E-state index contributed by atoms with van der Waals surface area (Å²) in [5.41, 5.74) is 3.27. The molecule has 1 aromatic heterocycles. The zero-order valence-corrected chi connectivity index (χ0v) is 18.2. The van der Waals surface area contributed by atoms with Gasteiger partial charge in [0.25, 0.3) is 5.56 Å². The molecule has 1 unspecified atom stereocenters. The Bertz CT molecular complexity index is 808. The number of benzene rings is 1. The summed E-state index contributed by atoms with van der Waals surface area (Å²) >= 11 is 1.74. The van der Waals surface area contributed by atoms with Crippen LogP contribution < -0.4 is 5.56 Å². The minimum atomic E-state index is -0.308. The fourth-order valence-corrected chi connectivity index (χ4v) is 4.00. The van der Waals surface area contributed by atoms with Crippen molar-refractivity contribution < 1.29 is 0 Å². The maximum atomic E-state index is 12.7. The van der Waals surface area contributed by atoms with Crippen LogP contribution in [-0.2, 0) is 11.0 Å². The van der Waals surface area contributed by atoms with Gasteiger partial charge in [-0.1, -0.05) is 52.0 Å². The quantitative estimate of drug-likeness (QED) is 0.632. The standard InChI is InChI=1S/C22H32N2OS/c1-9-18(16-10-12-17(13-11-16)21(3,4)5)26-19-14-23-24(22(6,7)8)20(25)15(19)2/h10-14,18H,9H2,1-8H3. The van der Waals surface area contributed by atoms with Crippen LogP contribution in [0.3, 0.4) is 0 Å². The van der Waals surface area contributed by atoms with E-state index >= 15 is 0 Å². The van der Waals surface area contributed by atoms with E-state index in [1.165, 1.54) is 11.1 Å². The smallest absolute Gasteiger partial charge is 0.267 e. The van der Waals surface area contributed by atoms with E-state index in [0.29, 0.717) is 5.25 Å². The van der Waals surface area contributed by atoms with Crippen molar-refractivity contribution in [2.75, 3.05) is 0 Å². The largest absolute Gasteiger partial charge is 0.271 e. The zero-order valence-electron chi connectivity index (χ0n) is 17.4. The maximum absolute atomic E-state index is 12.7. The molecular weight excluding hydrogens is 340 g/mol. The van der Waals surface area contributed by atoms with E-state index in [2.05, 4.69) is 57.1 Å². The molecule has 0 radical (unpaired) electrons. The molecule has 1 aromatic carbocycles. The van der Waals surface area contributed by atoms with E-state index in [-0.39, 0.29) is 16.5 Å². The summed E-state index contributed by atoms with van der Waals surface area (Å²) in [5, 5.41) is 4.74. The van der Waals surface area contributed by atoms with Crippen molar-refractivity contribution in [1.29, 1.82) is 0 Å². The van der Waals surface area contributed by atoms with Gasteiger partial charge in [-0.2, -0.15) is 5.10 Å². The van der Waals surface area contributed by atoms with Crippen LogP contribution >= 0.6 is 11.8 Å². The van der Waals surface area contributed by atoms with Crippen LogP contribution in [-0.4, -0.2) is 9.78 Å². The van der Waals surface area contributed by atoms with Crippen molar-refractivity contribution in [1.82, 2.24) is 9.78 Å². The predicted octanol–water partition coefficient (Wildman–Crippen LogP) is 5.85. The Morgan fingerprint density at radius 2 is 1.65 bits per heavy atom. The summed E-state index contributed by atoms with van der Waals surface area (Å²) in [7, 11) is 0. The Hall–Kier alpha value is -1.55. The molecule has 3 nitrogen and oxygen atoms in total. The second-order valence-corrected chi connectivity index (χ2v) is 10.2. The van der Waals surface area contributed by atoms with Gasteiger partial charge in [-0.3, -0.25) is 4.79 Å². The molecule has 0 amide bonds. The van der Waals surface area contributed by atoms with E-state index in [4.69, 9.17) is 0 Å². The molecule has 2 aromatic rings. The lowest BCUT2D eigenvalue weighted by Crippen LogP contribution is -2.37. The third kappa shape index (κ3) is 4.59. The topological polar surface area (TPSA) is 34.9 Å². The predicted molar refractivity (Wildman–Crippen MR) is 112 cm³/mol. The highest BCUT2D eigenvalue weighted by atomic mass is 32.2. The van der Waals surface area contributed by atoms with Gasteiger partial charge in [-0.15, -0.1) is 11.8 Å². The van der Waals surface area contributed by atoms with Crippen molar-refractivity contribution >= 4 is 11.8 Å². The Morgan fingerprint density at radius 1 is 1.08 bits per heavy atom. The number of rotatable bonds is 4. The molecule has 1 heterocycles. The molecule has 26 heavy (non-hydrogen) atoms. The average molecular weight is 373 g/mol. The molecule has 4 heteroatoms. The van der Waals surface area contributed by atoms with E-state index in [1.807, 2.05) is 33.9 Å². The van der Waals surface area contributed by atoms with Gasteiger partial charge < -0.3 is 0 Å². The molecule has 0 aliphatic rings.